The molecular weight excluding hydrogens is 497 g/mol. The Bertz CT molecular complexity index is 1270. The van der Waals surface area contributed by atoms with Crippen LogP contribution in [0.5, 0.6) is 0 Å². The monoisotopic (exact) mass is 522 g/mol. The molecule has 3 aromatic rings. The number of nitrogens with one attached hydrogen (secondary N) is 1. The van der Waals surface area contributed by atoms with Gasteiger partial charge in [0.1, 0.15) is 23.1 Å². The third kappa shape index (κ3) is 5.72. The molecule has 0 fully saturated rings. The second-order valence-corrected chi connectivity index (χ2v) is 9.83. The lowest BCUT2D eigenvalue weighted by molar-refractivity contribution is -0.140. The summed E-state index contributed by atoms with van der Waals surface area (Å²) in [7, 11) is 1.52. The van der Waals surface area contributed by atoms with E-state index < -0.39 is 23.6 Å². The van der Waals surface area contributed by atoms with Gasteiger partial charge < -0.3 is 14.6 Å². The van der Waals surface area contributed by atoms with Crippen LogP contribution in [-0.4, -0.2) is 37.8 Å². The van der Waals surface area contributed by atoms with Crippen LogP contribution in [0.25, 0.3) is 11.4 Å². The van der Waals surface area contributed by atoms with Gasteiger partial charge in [-0.15, -0.1) is 0 Å². The van der Waals surface area contributed by atoms with E-state index >= 15 is 0 Å². The fraction of sp³-hybridized carbons (Fsp3) is 0.417. The van der Waals surface area contributed by atoms with Gasteiger partial charge >= 0.3 is 12.3 Å². The lowest BCUT2D eigenvalue weighted by atomic mass is 10.1. The van der Waals surface area contributed by atoms with Gasteiger partial charge in [0.15, 0.2) is 5.69 Å². The Kier molecular flexibility index (Phi) is 6.87. The Morgan fingerprint density at radius 1 is 1.14 bits per heavy atom. The van der Waals surface area contributed by atoms with E-state index in [0.29, 0.717) is 43.1 Å². The molecule has 3 heterocycles. The van der Waals surface area contributed by atoms with Crippen LogP contribution in [0.2, 0.25) is 5.28 Å². The number of halogens is 4. The fourth-order valence-corrected chi connectivity index (χ4v) is 4.05. The van der Waals surface area contributed by atoms with Crippen molar-refractivity contribution < 1.29 is 22.7 Å². The minimum atomic E-state index is -4.50. The zero-order valence-corrected chi connectivity index (χ0v) is 21.0. The van der Waals surface area contributed by atoms with Gasteiger partial charge in [0.25, 0.3) is 0 Å². The molecule has 1 N–H and O–H groups in total. The van der Waals surface area contributed by atoms with Crippen molar-refractivity contribution in [1.29, 1.82) is 0 Å². The normalized spacial score (nSPS) is 13.9. The quantitative estimate of drug-likeness (QED) is 0.433. The van der Waals surface area contributed by atoms with Crippen LogP contribution in [-0.2, 0) is 30.9 Å². The minimum absolute atomic E-state index is 0.00249. The molecule has 0 aliphatic carbocycles. The third-order valence-corrected chi connectivity index (χ3v) is 5.64. The van der Waals surface area contributed by atoms with E-state index in [9.17, 15) is 18.0 Å². The number of amides is 1. The maximum absolute atomic E-state index is 13.0. The zero-order valence-electron chi connectivity index (χ0n) is 20.3. The molecule has 192 valence electrons. The maximum atomic E-state index is 13.0. The molecule has 2 aromatic heterocycles. The van der Waals surface area contributed by atoms with Crippen molar-refractivity contribution in [2.24, 2.45) is 7.05 Å². The summed E-state index contributed by atoms with van der Waals surface area (Å²) < 4.78 is 45.8. The van der Waals surface area contributed by atoms with Gasteiger partial charge in [-0.1, -0.05) is 24.3 Å². The second-order valence-electron chi connectivity index (χ2n) is 9.49. The molecule has 36 heavy (non-hydrogen) atoms. The zero-order chi connectivity index (χ0) is 26.3. The molecule has 1 aromatic carbocycles. The predicted molar refractivity (Wildman–Crippen MR) is 130 cm³/mol. The number of benzene rings is 1. The maximum Gasteiger partial charge on any atom is 0.434 e. The third-order valence-electron chi connectivity index (χ3n) is 5.47. The van der Waals surface area contributed by atoms with Crippen molar-refractivity contribution >= 4 is 29.3 Å². The Labute approximate surface area is 211 Å². The number of alkyl halides is 3. The van der Waals surface area contributed by atoms with E-state index in [4.69, 9.17) is 16.3 Å². The first-order valence-electron chi connectivity index (χ1n) is 11.3. The highest BCUT2D eigenvalue weighted by Crippen LogP contribution is 2.33. The summed E-state index contributed by atoms with van der Waals surface area (Å²) in [6, 6.07) is 7.03. The lowest BCUT2D eigenvalue weighted by Crippen LogP contribution is -2.40. The van der Waals surface area contributed by atoms with E-state index in [1.165, 1.54) is 16.5 Å². The van der Waals surface area contributed by atoms with Gasteiger partial charge in [-0.05, 0) is 50.8 Å². The SMILES string of the molecule is Cn1cc(C(F)(F)F)nc1-c1ccc(CNc2nc(Cl)nc3c2CCCN3C(=O)OC(C)(C)C)cc1. The van der Waals surface area contributed by atoms with Gasteiger partial charge in [0.05, 0.1) is 0 Å². The molecule has 0 radical (unpaired) electrons. The lowest BCUT2D eigenvalue weighted by Gasteiger charge is -2.31. The predicted octanol–water partition coefficient (Wildman–Crippen LogP) is 5.85. The molecular formula is C24H26ClF3N6O2. The summed E-state index contributed by atoms with van der Waals surface area (Å²) in [6.07, 6.45) is -2.66. The largest absolute Gasteiger partial charge is 0.443 e. The molecule has 4 rings (SSSR count). The summed E-state index contributed by atoms with van der Waals surface area (Å²) in [5, 5.41) is 3.25. The Morgan fingerprint density at radius 3 is 2.44 bits per heavy atom. The number of imidazole rings is 1. The average Bonchev–Trinajstić information content (AvgIpc) is 3.18. The van der Waals surface area contributed by atoms with Crippen LogP contribution < -0.4 is 10.2 Å². The molecule has 1 aliphatic rings. The van der Waals surface area contributed by atoms with Crippen molar-refractivity contribution in [3.63, 3.8) is 0 Å². The van der Waals surface area contributed by atoms with Gasteiger partial charge in [-0.3, -0.25) is 4.90 Å². The van der Waals surface area contributed by atoms with Crippen molar-refractivity contribution in [3.8, 4) is 11.4 Å². The topological polar surface area (TPSA) is 85.2 Å². The van der Waals surface area contributed by atoms with Crippen LogP contribution in [0, 0.1) is 0 Å². The van der Waals surface area contributed by atoms with Crippen LogP contribution in [0.4, 0.5) is 29.6 Å². The summed E-state index contributed by atoms with van der Waals surface area (Å²) >= 11 is 6.17. The number of aryl methyl sites for hydroxylation is 1. The van der Waals surface area contributed by atoms with Gasteiger partial charge in [-0.2, -0.15) is 18.2 Å². The molecule has 0 saturated heterocycles. The summed E-state index contributed by atoms with van der Waals surface area (Å²) in [6.45, 7) is 6.22. The first-order chi connectivity index (χ1) is 16.8. The summed E-state index contributed by atoms with van der Waals surface area (Å²) in [5.41, 5.74) is 0.610. The average molecular weight is 523 g/mol. The number of hydrogen-bond donors (Lipinski definition) is 1. The molecule has 8 nitrogen and oxygen atoms in total. The molecule has 1 aliphatic heterocycles. The molecule has 12 heteroatoms. The van der Waals surface area contributed by atoms with Crippen LogP contribution in [0.1, 0.15) is 44.0 Å². The number of rotatable bonds is 4. The van der Waals surface area contributed by atoms with Crippen LogP contribution in [0.15, 0.2) is 30.5 Å². The highest BCUT2D eigenvalue weighted by Gasteiger charge is 2.34. The number of anilines is 2. The molecule has 0 saturated carbocycles. The second kappa shape index (κ2) is 9.61. The minimum Gasteiger partial charge on any atom is -0.443 e. The standard InChI is InChI=1S/C24H26ClF3N6O2/c1-23(2,3)36-22(35)34-11-5-6-16-18(31-21(25)32-20(16)34)29-12-14-7-9-15(10-8-14)19-30-17(13-33(19)4)24(26,27)28/h7-10,13H,5-6,11-12H2,1-4H3,(H,29,31,32). The number of fused-ring (bicyclic) bond motifs is 1. The summed E-state index contributed by atoms with van der Waals surface area (Å²) in [4.78, 5) is 26.5. The van der Waals surface area contributed by atoms with E-state index in [-0.39, 0.29) is 11.1 Å². The Hall–Kier alpha value is -3.34. The van der Waals surface area contributed by atoms with E-state index in [2.05, 4.69) is 20.3 Å². The van der Waals surface area contributed by atoms with Crippen LogP contribution >= 0.6 is 11.6 Å². The van der Waals surface area contributed by atoms with Gasteiger partial charge in [0.2, 0.25) is 5.28 Å². The van der Waals surface area contributed by atoms with Gasteiger partial charge in [0, 0.05) is 37.5 Å². The van der Waals surface area contributed by atoms with Crippen LogP contribution in [0.3, 0.4) is 0 Å². The number of hydrogen-bond acceptors (Lipinski definition) is 6. The smallest absolute Gasteiger partial charge is 0.434 e. The fourth-order valence-electron chi connectivity index (χ4n) is 3.89. The van der Waals surface area contributed by atoms with E-state index in [1.807, 2.05) is 0 Å². The van der Waals surface area contributed by atoms with Crippen molar-refractivity contribution in [2.45, 2.75) is 51.9 Å². The van der Waals surface area contributed by atoms with Gasteiger partial charge in [-0.25, -0.2) is 14.8 Å². The summed E-state index contributed by atoms with van der Waals surface area (Å²) in [5.74, 6) is 1.16. The molecule has 1 amide bonds. The molecule has 0 atom stereocenters. The first kappa shape index (κ1) is 25.7. The molecule has 0 bridgehead atoms. The number of carbonyl (C=O) groups is 1. The number of carbonyl (C=O) groups excluding carboxylic acids is 1. The number of nitrogens with zero attached hydrogens (tertiary/aromatic N) is 5. The van der Waals surface area contributed by atoms with E-state index in [0.717, 1.165) is 17.3 Å². The number of ether oxygens (including phenoxy) is 1. The Morgan fingerprint density at radius 2 is 1.83 bits per heavy atom. The van der Waals surface area contributed by atoms with E-state index in [1.54, 1.807) is 45.0 Å². The molecule has 0 unspecified atom stereocenters. The van der Waals surface area contributed by atoms with Crippen molar-refractivity contribution in [3.05, 3.63) is 52.6 Å². The van der Waals surface area contributed by atoms with Crippen molar-refractivity contribution in [1.82, 2.24) is 19.5 Å². The highest BCUT2D eigenvalue weighted by molar-refractivity contribution is 6.28. The number of aromatic nitrogens is 4. The first-order valence-corrected chi connectivity index (χ1v) is 11.7. The Balaban J connectivity index is 1.51. The molecule has 0 spiro atoms. The highest BCUT2D eigenvalue weighted by atomic mass is 35.5. The van der Waals surface area contributed by atoms with Crippen molar-refractivity contribution in [2.75, 3.05) is 16.8 Å².